The number of pyridine rings is 1. The molecular weight excluding hydrogens is 350 g/mol. The van der Waals surface area contributed by atoms with Crippen molar-refractivity contribution < 1.29 is 14.3 Å². The number of carbonyl (C=O) groups excluding carboxylic acids is 1. The second kappa shape index (κ2) is 6.04. The molecule has 140 valence electrons. The van der Waals surface area contributed by atoms with E-state index in [0.29, 0.717) is 39.6 Å². The van der Waals surface area contributed by atoms with Gasteiger partial charge >= 0.3 is 0 Å². The van der Waals surface area contributed by atoms with Gasteiger partial charge in [0.15, 0.2) is 17.1 Å². The van der Waals surface area contributed by atoms with E-state index < -0.39 is 0 Å². The number of nitrogens with zero attached hydrogens (tertiary/aromatic N) is 2. The van der Waals surface area contributed by atoms with Gasteiger partial charge in [-0.15, -0.1) is 0 Å². The van der Waals surface area contributed by atoms with E-state index in [0.717, 1.165) is 11.1 Å². The summed E-state index contributed by atoms with van der Waals surface area (Å²) < 4.78 is 12.2. The summed E-state index contributed by atoms with van der Waals surface area (Å²) in [6.07, 6.45) is 0.0722. The highest BCUT2D eigenvalue weighted by molar-refractivity contribution is 5.96. The van der Waals surface area contributed by atoms with E-state index in [4.69, 9.17) is 15.2 Å². The third-order valence-electron chi connectivity index (χ3n) is 4.73. The topological polar surface area (TPSA) is 124 Å². The number of fused-ring (bicyclic) bond motifs is 2. The molecule has 0 saturated carbocycles. The highest BCUT2D eigenvalue weighted by atomic mass is 16.7. The maximum Gasteiger partial charge on any atom is 0.273 e. The third kappa shape index (κ3) is 2.77. The van der Waals surface area contributed by atoms with Gasteiger partial charge in [0.1, 0.15) is 0 Å². The van der Waals surface area contributed by atoms with Crippen molar-refractivity contribution in [3.05, 3.63) is 39.3 Å². The Hall–Kier alpha value is -3.49. The van der Waals surface area contributed by atoms with E-state index in [-0.39, 0.29) is 24.7 Å². The summed E-state index contributed by atoms with van der Waals surface area (Å²) in [4.78, 5) is 29.2. The van der Waals surface area contributed by atoms with Crippen LogP contribution in [0.3, 0.4) is 0 Å². The van der Waals surface area contributed by atoms with Crippen molar-refractivity contribution in [2.75, 3.05) is 17.8 Å². The molecule has 0 bridgehead atoms. The molecule has 0 aliphatic carbocycles. The van der Waals surface area contributed by atoms with Crippen LogP contribution in [0.5, 0.6) is 11.5 Å². The first-order chi connectivity index (χ1) is 12.8. The van der Waals surface area contributed by atoms with Crippen molar-refractivity contribution in [3.8, 4) is 11.5 Å². The van der Waals surface area contributed by atoms with Gasteiger partial charge < -0.3 is 20.5 Å². The molecule has 1 amide bonds. The van der Waals surface area contributed by atoms with Crippen LogP contribution in [0.15, 0.2) is 16.9 Å². The number of nitrogen functional groups attached to an aromatic ring is 1. The molecule has 1 aromatic carbocycles. The molecule has 9 nitrogen and oxygen atoms in total. The van der Waals surface area contributed by atoms with Crippen LogP contribution in [0.1, 0.15) is 16.8 Å². The van der Waals surface area contributed by atoms with Crippen molar-refractivity contribution in [2.24, 2.45) is 7.05 Å². The zero-order valence-electron chi connectivity index (χ0n) is 15.2. The summed E-state index contributed by atoms with van der Waals surface area (Å²) >= 11 is 0. The van der Waals surface area contributed by atoms with Crippen LogP contribution < -0.4 is 26.1 Å². The van der Waals surface area contributed by atoms with Crippen molar-refractivity contribution in [2.45, 2.75) is 20.3 Å². The third-order valence-corrected chi connectivity index (χ3v) is 4.73. The number of benzene rings is 1. The number of H-pyrrole nitrogens is 1. The Morgan fingerprint density at radius 1 is 1.33 bits per heavy atom. The Balaban J connectivity index is 1.64. The van der Waals surface area contributed by atoms with Crippen LogP contribution in [0.2, 0.25) is 0 Å². The first-order valence-electron chi connectivity index (χ1n) is 8.39. The van der Waals surface area contributed by atoms with Gasteiger partial charge in [-0.3, -0.25) is 19.4 Å². The number of rotatable bonds is 3. The number of aryl methyl sites for hydroxylation is 3. The second-order valence-electron chi connectivity index (χ2n) is 6.52. The van der Waals surface area contributed by atoms with E-state index in [2.05, 4.69) is 15.4 Å². The highest BCUT2D eigenvalue weighted by Gasteiger charge is 2.20. The summed E-state index contributed by atoms with van der Waals surface area (Å²) in [6.45, 7) is 3.77. The van der Waals surface area contributed by atoms with Crippen LogP contribution in [0, 0.1) is 13.8 Å². The number of hydrogen-bond acceptors (Lipinski definition) is 6. The minimum Gasteiger partial charge on any atom is -0.454 e. The van der Waals surface area contributed by atoms with Gasteiger partial charge in [0.05, 0.1) is 23.2 Å². The van der Waals surface area contributed by atoms with Gasteiger partial charge in [0.2, 0.25) is 12.7 Å². The number of nitrogens with two attached hydrogens (primary N) is 1. The normalized spacial score (nSPS) is 12.6. The quantitative estimate of drug-likeness (QED) is 0.599. The van der Waals surface area contributed by atoms with Crippen molar-refractivity contribution in [1.29, 1.82) is 0 Å². The molecule has 0 unspecified atom stereocenters. The van der Waals surface area contributed by atoms with Crippen molar-refractivity contribution >= 4 is 28.3 Å². The van der Waals surface area contributed by atoms with Crippen LogP contribution in [0.25, 0.3) is 11.0 Å². The number of hydrogen-bond donors (Lipinski definition) is 3. The number of nitrogens with one attached hydrogen (secondary N) is 2. The predicted octanol–water partition coefficient (Wildman–Crippen LogP) is 1.37. The lowest BCUT2D eigenvalue weighted by Gasteiger charge is -2.12. The lowest BCUT2D eigenvalue weighted by molar-refractivity contribution is -0.115. The standard InChI is InChI=1S/C18H19N5O4/c1-8-10(9(2)20-17-16(8)18(25)22-23(17)3)4-15(24)21-12-6-14-13(5-11(12)19)26-7-27-14/h5-6H,4,7,19H2,1-3H3,(H,21,24)(H,22,25). The molecule has 3 aromatic rings. The maximum absolute atomic E-state index is 12.6. The second-order valence-corrected chi connectivity index (χ2v) is 6.52. The molecule has 0 fully saturated rings. The maximum atomic E-state index is 12.6. The number of aromatic amines is 1. The summed E-state index contributed by atoms with van der Waals surface area (Å²) in [7, 11) is 1.73. The molecule has 2 aromatic heterocycles. The van der Waals surface area contributed by atoms with Gasteiger partial charge in [-0.1, -0.05) is 0 Å². The van der Waals surface area contributed by atoms with E-state index in [1.807, 2.05) is 13.8 Å². The average molecular weight is 369 g/mol. The van der Waals surface area contributed by atoms with E-state index in [9.17, 15) is 9.59 Å². The Bertz CT molecular complexity index is 1150. The predicted molar refractivity (Wildman–Crippen MR) is 100 cm³/mol. The first-order valence-corrected chi connectivity index (χ1v) is 8.39. The van der Waals surface area contributed by atoms with Gasteiger partial charge in [-0.05, 0) is 25.0 Å². The minimum absolute atomic E-state index is 0.0722. The zero-order chi connectivity index (χ0) is 19.3. The number of anilines is 2. The average Bonchev–Trinajstić information content (AvgIpc) is 3.15. The smallest absolute Gasteiger partial charge is 0.273 e. The zero-order valence-corrected chi connectivity index (χ0v) is 15.2. The van der Waals surface area contributed by atoms with E-state index >= 15 is 0 Å². The van der Waals surface area contributed by atoms with Crippen LogP contribution in [-0.2, 0) is 18.3 Å². The SMILES string of the molecule is Cc1nc2c(c(C)c1CC(=O)Nc1cc3c(cc1N)OCO3)c(=O)[nH]n2C. The fourth-order valence-corrected chi connectivity index (χ4v) is 3.33. The molecule has 3 heterocycles. The van der Waals surface area contributed by atoms with Gasteiger partial charge in [-0.2, -0.15) is 0 Å². The van der Waals surface area contributed by atoms with Gasteiger partial charge in [0.25, 0.3) is 5.56 Å². The molecule has 9 heteroatoms. The van der Waals surface area contributed by atoms with Crippen molar-refractivity contribution in [1.82, 2.24) is 14.8 Å². The Morgan fingerprint density at radius 3 is 2.78 bits per heavy atom. The lowest BCUT2D eigenvalue weighted by Crippen LogP contribution is -2.17. The fourth-order valence-electron chi connectivity index (χ4n) is 3.33. The molecular formula is C18H19N5O4. The summed E-state index contributed by atoms with van der Waals surface area (Å²) in [5.41, 5.74) is 9.32. The van der Waals surface area contributed by atoms with Crippen molar-refractivity contribution in [3.63, 3.8) is 0 Å². The van der Waals surface area contributed by atoms with E-state index in [1.165, 1.54) is 0 Å². The highest BCUT2D eigenvalue weighted by Crippen LogP contribution is 2.38. The number of amides is 1. The van der Waals surface area contributed by atoms with E-state index in [1.54, 1.807) is 23.9 Å². The summed E-state index contributed by atoms with van der Waals surface area (Å²) in [5.74, 6) is 0.821. The minimum atomic E-state index is -0.264. The Kier molecular flexibility index (Phi) is 3.79. The van der Waals surface area contributed by atoms with Crippen LogP contribution in [0.4, 0.5) is 11.4 Å². The van der Waals surface area contributed by atoms with Gasteiger partial charge in [-0.25, -0.2) is 4.98 Å². The monoisotopic (exact) mass is 369 g/mol. The summed E-state index contributed by atoms with van der Waals surface area (Å²) in [6, 6.07) is 3.25. The molecule has 27 heavy (non-hydrogen) atoms. The Morgan fingerprint density at radius 2 is 2.04 bits per heavy atom. The molecule has 1 aliphatic heterocycles. The molecule has 1 aliphatic rings. The molecule has 0 atom stereocenters. The first kappa shape index (κ1) is 17.0. The Labute approximate surface area is 154 Å². The number of carbonyl (C=O) groups is 1. The van der Waals surface area contributed by atoms with Gasteiger partial charge in [0, 0.05) is 24.9 Å². The fraction of sp³-hybridized carbons (Fsp3) is 0.278. The number of aromatic nitrogens is 3. The van der Waals surface area contributed by atoms with Crippen LogP contribution >= 0.6 is 0 Å². The largest absolute Gasteiger partial charge is 0.454 e. The van der Waals surface area contributed by atoms with Crippen LogP contribution in [-0.4, -0.2) is 27.5 Å². The molecule has 0 saturated heterocycles. The molecule has 0 spiro atoms. The molecule has 4 rings (SSSR count). The number of ether oxygens (including phenoxy) is 2. The molecule has 0 radical (unpaired) electrons. The lowest BCUT2D eigenvalue weighted by atomic mass is 10.0. The summed E-state index contributed by atoms with van der Waals surface area (Å²) in [5, 5.41) is 5.98. The molecule has 4 N–H and O–H groups in total.